The van der Waals surface area contributed by atoms with Gasteiger partial charge in [0.1, 0.15) is 0 Å². The van der Waals surface area contributed by atoms with E-state index < -0.39 is 5.97 Å². The van der Waals surface area contributed by atoms with Crippen molar-refractivity contribution in [1.29, 1.82) is 0 Å². The molecule has 0 spiro atoms. The van der Waals surface area contributed by atoms with Crippen LogP contribution < -0.4 is 9.47 Å². The normalized spacial score (nSPS) is 18.4. The van der Waals surface area contributed by atoms with Crippen LogP contribution in [0.15, 0.2) is 12.1 Å². The highest BCUT2D eigenvalue weighted by molar-refractivity contribution is 5.71. The van der Waals surface area contributed by atoms with Gasteiger partial charge in [0, 0.05) is 0 Å². The van der Waals surface area contributed by atoms with Crippen molar-refractivity contribution in [2.24, 2.45) is 5.92 Å². The molecule has 1 aliphatic carbocycles. The van der Waals surface area contributed by atoms with Crippen molar-refractivity contribution in [2.75, 3.05) is 14.2 Å². The van der Waals surface area contributed by atoms with Crippen LogP contribution in [0.1, 0.15) is 17.5 Å². The molecule has 0 amide bonds. The van der Waals surface area contributed by atoms with Gasteiger partial charge < -0.3 is 14.6 Å². The summed E-state index contributed by atoms with van der Waals surface area (Å²) >= 11 is 0. The van der Waals surface area contributed by atoms with E-state index in [0.29, 0.717) is 24.3 Å². The van der Waals surface area contributed by atoms with Gasteiger partial charge in [-0.3, -0.25) is 4.79 Å². The van der Waals surface area contributed by atoms with Crippen LogP contribution in [0.4, 0.5) is 0 Å². The molecule has 1 aromatic carbocycles. The average Bonchev–Trinajstić information content (AvgIpc) is 2.36. The zero-order valence-corrected chi connectivity index (χ0v) is 10.0. The van der Waals surface area contributed by atoms with E-state index >= 15 is 0 Å². The zero-order chi connectivity index (χ0) is 12.4. The lowest BCUT2D eigenvalue weighted by Crippen LogP contribution is -2.22. The van der Waals surface area contributed by atoms with E-state index in [2.05, 4.69) is 0 Å². The number of rotatable bonds is 3. The van der Waals surface area contributed by atoms with Crippen molar-refractivity contribution in [3.63, 3.8) is 0 Å². The number of benzene rings is 1. The molecule has 0 fully saturated rings. The van der Waals surface area contributed by atoms with Crippen molar-refractivity contribution >= 4 is 5.97 Å². The van der Waals surface area contributed by atoms with Crippen molar-refractivity contribution < 1.29 is 19.4 Å². The van der Waals surface area contributed by atoms with E-state index in [9.17, 15) is 4.79 Å². The fraction of sp³-hybridized carbons (Fsp3) is 0.462. The van der Waals surface area contributed by atoms with Crippen LogP contribution in [0, 0.1) is 5.92 Å². The molecule has 1 unspecified atom stereocenters. The molecule has 1 atom stereocenters. The summed E-state index contributed by atoms with van der Waals surface area (Å²) in [5, 5.41) is 9.04. The second kappa shape index (κ2) is 4.65. The minimum Gasteiger partial charge on any atom is -0.493 e. The molecule has 0 saturated carbocycles. The molecule has 0 aromatic heterocycles. The number of hydrogen-bond acceptors (Lipinski definition) is 3. The fourth-order valence-electron chi connectivity index (χ4n) is 2.29. The molecular formula is C13H16O4. The van der Waals surface area contributed by atoms with Crippen LogP contribution in [0.2, 0.25) is 0 Å². The Hall–Kier alpha value is -1.71. The van der Waals surface area contributed by atoms with Crippen molar-refractivity contribution in [2.45, 2.75) is 19.3 Å². The summed E-state index contributed by atoms with van der Waals surface area (Å²) < 4.78 is 10.5. The summed E-state index contributed by atoms with van der Waals surface area (Å²) in [6.07, 6.45) is 2.05. The molecular weight excluding hydrogens is 220 g/mol. The zero-order valence-electron chi connectivity index (χ0n) is 10.0. The van der Waals surface area contributed by atoms with Gasteiger partial charge in [-0.2, -0.15) is 0 Å². The van der Waals surface area contributed by atoms with Gasteiger partial charge in [0.15, 0.2) is 11.5 Å². The topological polar surface area (TPSA) is 55.8 Å². The molecule has 0 saturated heterocycles. The highest BCUT2D eigenvalue weighted by Crippen LogP contribution is 2.35. The number of fused-ring (bicyclic) bond motifs is 1. The molecule has 0 heterocycles. The van der Waals surface area contributed by atoms with E-state index in [-0.39, 0.29) is 5.92 Å². The molecule has 0 aliphatic heterocycles. The smallest absolute Gasteiger partial charge is 0.306 e. The lowest BCUT2D eigenvalue weighted by molar-refractivity contribution is -0.142. The van der Waals surface area contributed by atoms with Crippen LogP contribution in [-0.4, -0.2) is 25.3 Å². The Morgan fingerprint density at radius 3 is 2.35 bits per heavy atom. The van der Waals surface area contributed by atoms with Gasteiger partial charge in [-0.25, -0.2) is 0 Å². The molecule has 1 aromatic rings. The van der Waals surface area contributed by atoms with Crippen molar-refractivity contribution in [3.05, 3.63) is 23.3 Å². The first-order chi connectivity index (χ1) is 8.15. The number of hydrogen-bond donors (Lipinski definition) is 1. The Morgan fingerprint density at radius 2 is 1.82 bits per heavy atom. The third-order valence-electron chi connectivity index (χ3n) is 3.28. The van der Waals surface area contributed by atoms with Gasteiger partial charge in [-0.05, 0) is 42.5 Å². The first-order valence-electron chi connectivity index (χ1n) is 5.62. The number of methoxy groups -OCH3 is 2. The van der Waals surface area contributed by atoms with E-state index in [1.165, 1.54) is 5.56 Å². The quantitative estimate of drug-likeness (QED) is 0.870. The van der Waals surface area contributed by atoms with Crippen LogP contribution >= 0.6 is 0 Å². The number of carbonyl (C=O) groups is 1. The van der Waals surface area contributed by atoms with Gasteiger partial charge in [0.05, 0.1) is 20.1 Å². The largest absolute Gasteiger partial charge is 0.493 e. The number of carboxylic acid groups (broad SMARTS) is 1. The number of carboxylic acids is 1. The average molecular weight is 236 g/mol. The van der Waals surface area contributed by atoms with Crippen molar-refractivity contribution in [1.82, 2.24) is 0 Å². The summed E-state index contributed by atoms with van der Waals surface area (Å²) in [7, 11) is 3.19. The summed E-state index contributed by atoms with van der Waals surface area (Å²) in [6.45, 7) is 0. The molecule has 2 rings (SSSR count). The molecule has 0 bridgehead atoms. The van der Waals surface area contributed by atoms with Crippen molar-refractivity contribution in [3.8, 4) is 11.5 Å². The first-order valence-corrected chi connectivity index (χ1v) is 5.62. The second-order valence-corrected chi connectivity index (χ2v) is 4.25. The lowest BCUT2D eigenvalue weighted by Gasteiger charge is -2.23. The molecule has 1 N–H and O–H groups in total. The Bertz CT molecular complexity index is 439. The third-order valence-corrected chi connectivity index (χ3v) is 3.28. The molecule has 0 radical (unpaired) electrons. The number of aryl methyl sites for hydroxylation is 1. The summed E-state index contributed by atoms with van der Waals surface area (Å²) in [5.41, 5.74) is 2.22. The SMILES string of the molecule is COc1cc2c(cc1OC)CC(C(=O)O)CC2. The minimum absolute atomic E-state index is 0.277. The predicted octanol–water partition coefficient (Wildman–Crippen LogP) is 1.89. The second-order valence-electron chi connectivity index (χ2n) is 4.25. The molecule has 4 nitrogen and oxygen atoms in total. The standard InChI is InChI=1S/C13H16O4/c1-16-11-6-8-3-4-9(13(14)15)5-10(8)7-12(11)17-2/h6-7,9H,3-5H2,1-2H3,(H,14,15). The summed E-state index contributed by atoms with van der Waals surface area (Å²) in [6, 6.07) is 3.84. The van der Waals surface area contributed by atoms with Gasteiger partial charge in [0.25, 0.3) is 0 Å². The van der Waals surface area contributed by atoms with Gasteiger partial charge in [-0.15, -0.1) is 0 Å². The Labute approximate surface area is 100 Å². The van der Waals surface area contributed by atoms with Crippen LogP contribution in [0.3, 0.4) is 0 Å². The minimum atomic E-state index is -0.717. The highest BCUT2D eigenvalue weighted by Gasteiger charge is 2.25. The van der Waals surface area contributed by atoms with E-state index in [4.69, 9.17) is 14.6 Å². The number of aliphatic carboxylic acids is 1. The van der Waals surface area contributed by atoms with E-state index in [1.54, 1.807) is 14.2 Å². The third kappa shape index (κ3) is 2.20. The molecule has 92 valence electrons. The predicted molar refractivity (Wildman–Crippen MR) is 62.7 cm³/mol. The van der Waals surface area contributed by atoms with Crippen LogP contribution in [0.25, 0.3) is 0 Å². The fourth-order valence-corrected chi connectivity index (χ4v) is 2.29. The van der Waals surface area contributed by atoms with E-state index in [0.717, 1.165) is 12.0 Å². The molecule has 1 aliphatic rings. The monoisotopic (exact) mass is 236 g/mol. The maximum Gasteiger partial charge on any atom is 0.306 e. The molecule has 17 heavy (non-hydrogen) atoms. The maximum atomic E-state index is 11.0. The maximum absolute atomic E-state index is 11.0. The Morgan fingerprint density at radius 1 is 1.24 bits per heavy atom. The summed E-state index contributed by atoms with van der Waals surface area (Å²) in [5.74, 6) is 0.378. The Kier molecular flexibility index (Phi) is 3.22. The van der Waals surface area contributed by atoms with Gasteiger partial charge >= 0.3 is 5.97 Å². The Balaban J connectivity index is 2.35. The number of ether oxygens (including phenoxy) is 2. The summed E-state index contributed by atoms with van der Waals surface area (Å²) in [4.78, 5) is 11.0. The lowest BCUT2D eigenvalue weighted by atomic mass is 9.83. The first kappa shape index (κ1) is 11.8. The van der Waals surface area contributed by atoms with Gasteiger partial charge in [-0.1, -0.05) is 0 Å². The van der Waals surface area contributed by atoms with E-state index in [1.807, 2.05) is 12.1 Å². The van der Waals surface area contributed by atoms with Crippen LogP contribution in [0.5, 0.6) is 11.5 Å². The highest BCUT2D eigenvalue weighted by atomic mass is 16.5. The van der Waals surface area contributed by atoms with Crippen LogP contribution in [-0.2, 0) is 17.6 Å². The van der Waals surface area contributed by atoms with Gasteiger partial charge in [0.2, 0.25) is 0 Å². The molecule has 4 heteroatoms.